The molecule has 1 aliphatic carbocycles. The molecular formula is C11H12Cl3NOS. The maximum absolute atomic E-state index is 12.0. The Morgan fingerprint density at radius 3 is 2.53 bits per heavy atom. The first-order valence-electron chi connectivity index (χ1n) is 5.20. The Bertz CT molecular complexity index is 459. The Morgan fingerprint density at radius 2 is 2.12 bits per heavy atom. The zero-order valence-corrected chi connectivity index (χ0v) is 12.5. The molecule has 1 saturated carbocycles. The van der Waals surface area contributed by atoms with Crippen LogP contribution in [0.5, 0.6) is 0 Å². The van der Waals surface area contributed by atoms with E-state index in [4.69, 9.17) is 34.8 Å². The standard InChI is InChI=1S/C11H12Cl3NOS/c1-6(7-3-4-8(12)17-7)15-9(16)10(2)5-11(10,13)14/h3-4,6H,5H2,1-2H3,(H,15,16)/t6-,10-/m1/s1. The first-order chi connectivity index (χ1) is 7.76. The van der Waals surface area contributed by atoms with Gasteiger partial charge in [-0.2, -0.15) is 0 Å². The van der Waals surface area contributed by atoms with Crippen molar-refractivity contribution in [1.82, 2.24) is 5.32 Å². The highest BCUT2D eigenvalue weighted by Gasteiger charge is 2.67. The van der Waals surface area contributed by atoms with Crippen molar-refractivity contribution in [3.05, 3.63) is 21.3 Å². The Hall–Kier alpha value is 0.0400. The Kier molecular flexibility index (Phi) is 3.41. The zero-order chi connectivity index (χ0) is 12.8. The van der Waals surface area contributed by atoms with Gasteiger partial charge in [0.15, 0.2) is 0 Å². The number of rotatable bonds is 3. The average molecular weight is 313 g/mol. The van der Waals surface area contributed by atoms with Gasteiger partial charge in [-0.05, 0) is 32.4 Å². The molecule has 17 heavy (non-hydrogen) atoms. The first kappa shape index (κ1) is 13.5. The molecule has 0 bridgehead atoms. The van der Waals surface area contributed by atoms with Gasteiger partial charge in [-0.3, -0.25) is 4.79 Å². The topological polar surface area (TPSA) is 29.1 Å². The summed E-state index contributed by atoms with van der Waals surface area (Å²) in [6, 6.07) is 3.64. The summed E-state index contributed by atoms with van der Waals surface area (Å²) in [5.41, 5.74) is -0.675. The van der Waals surface area contributed by atoms with Crippen LogP contribution in [0.15, 0.2) is 12.1 Å². The minimum Gasteiger partial charge on any atom is -0.348 e. The predicted molar refractivity (Wildman–Crippen MR) is 73.0 cm³/mol. The fourth-order valence-electron chi connectivity index (χ4n) is 1.63. The third-order valence-electron chi connectivity index (χ3n) is 3.13. The fraction of sp³-hybridized carbons (Fsp3) is 0.545. The molecule has 6 heteroatoms. The van der Waals surface area contributed by atoms with E-state index < -0.39 is 9.75 Å². The normalized spacial score (nSPS) is 27.6. The highest BCUT2D eigenvalue weighted by molar-refractivity contribution is 7.16. The van der Waals surface area contributed by atoms with E-state index in [-0.39, 0.29) is 11.9 Å². The van der Waals surface area contributed by atoms with E-state index in [1.807, 2.05) is 19.1 Å². The van der Waals surface area contributed by atoms with Gasteiger partial charge in [0.2, 0.25) is 5.91 Å². The second kappa shape index (κ2) is 4.30. The summed E-state index contributed by atoms with van der Waals surface area (Å²) in [5, 5.41) is 2.91. The fourth-order valence-corrected chi connectivity index (χ4v) is 3.40. The summed E-state index contributed by atoms with van der Waals surface area (Å²) in [6.45, 7) is 3.69. The van der Waals surface area contributed by atoms with Gasteiger partial charge in [-0.15, -0.1) is 34.5 Å². The molecule has 0 aliphatic heterocycles. The van der Waals surface area contributed by atoms with Gasteiger partial charge < -0.3 is 5.32 Å². The summed E-state index contributed by atoms with van der Waals surface area (Å²) >= 11 is 19.2. The van der Waals surface area contributed by atoms with Gasteiger partial charge >= 0.3 is 0 Å². The summed E-state index contributed by atoms with van der Waals surface area (Å²) < 4.78 is -0.216. The Morgan fingerprint density at radius 1 is 1.53 bits per heavy atom. The van der Waals surface area contributed by atoms with Gasteiger partial charge in [-0.25, -0.2) is 0 Å². The molecular weight excluding hydrogens is 301 g/mol. The van der Waals surface area contributed by atoms with Crippen molar-refractivity contribution in [2.24, 2.45) is 5.41 Å². The van der Waals surface area contributed by atoms with E-state index in [0.29, 0.717) is 10.8 Å². The third kappa shape index (κ3) is 2.43. The van der Waals surface area contributed by atoms with Crippen LogP contribution in [0.25, 0.3) is 0 Å². The SMILES string of the molecule is C[C@@H](NC(=O)[C@@]1(C)CC1(Cl)Cl)c1ccc(Cl)s1. The number of alkyl halides is 2. The molecule has 0 radical (unpaired) electrons. The van der Waals surface area contributed by atoms with Crippen LogP contribution in [0.3, 0.4) is 0 Å². The van der Waals surface area contributed by atoms with Crippen LogP contribution in [-0.4, -0.2) is 10.2 Å². The number of carbonyl (C=O) groups excluding carboxylic acids is 1. The molecule has 0 unspecified atom stereocenters. The molecule has 2 rings (SSSR count). The number of nitrogens with one attached hydrogen (secondary N) is 1. The van der Waals surface area contributed by atoms with E-state index in [0.717, 1.165) is 4.88 Å². The van der Waals surface area contributed by atoms with Crippen molar-refractivity contribution in [2.75, 3.05) is 0 Å². The molecule has 2 nitrogen and oxygen atoms in total. The van der Waals surface area contributed by atoms with Crippen molar-refractivity contribution in [2.45, 2.75) is 30.6 Å². The summed E-state index contributed by atoms with van der Waals surface area (Å²) in [7, 11) is 0. The van der Waals surface area contributed by atoms with Crippen molar-refractivity contribution in [1.29, 1.82) is 0 Å². The summed E-state index contributed by atoms with van der Waals surface area (Å²) in [4.78, 5) is 13.0. The van der Waals surface area contributed by atoms with Crippen molar-refractivity contribution in [3.8, 4) is 0 Å². The maximum atomic E-state index is 12.0. The number of carbonyl (C=O) groups is 1. The maximum Gasteiger partial charge on any atom is 0.229 e. The Labute approximate surface area is 119 Å². The number of amides is 1. The molecule has 1 N–H and O–H groups in total. The number of thiophene rings is 1. The quantitative estimate of drug-likeness (QED) is 0.834. The van der Waals surface area contributed by atoms with E-state index in [1.165, 1.54) is 11.3 Å². The molecule has 1 aliphatic rings. The van der Waals surface area contributed by atoms with Gasteiger partial charge in [0, 0.05) is 4.88 Å². The van der Waals surface area contributed by atoms with Gasteiger partial charge in [0.1, 0.15) is 4.33 Å². The van der Waals surface area contributed by atoms with Crippen LogP contribution in [0.1, 0.15) is 31.2 Å². The Balaban J connectivity index is 2.01. The summed E-state index contributed by atoms with van der Waals surface area (Å²) in [6.07, 6.45) is 0.493. The largest absolute Gasteiger partial charge is 0.348 e. The van der Waals surface area contributed by atoms with Crippen LogP contribution in [0.4, 0.5) is 0 Å². The van der Waals surface area contributed by atoms with Crippen LogP contribution < -0.4 is 5.32 Å². The molecule has 0 saturated heterocycles. The van der Waals surface area contributed by atoms with Crippen LogP contribution in [0, 0.1) is 5.41 Å². The lowest BCUT2D eigenvalue weighted by molar-refractivity contribution is -0.126. The zero-order valence-electron chi connectivity index (χ0n) is 9.39. The molecule has 94 valence electrons. The smallest absolute Gasteiger partial charge is 0.229 e. The second-order valence-corrected chi connectivity index (χ2v) is 7.78. The average Bonchev–Trinajstić information content (AvgIpc) is 2.61. The highest BCUT2D eigenvalue weighted by atomic mass is 35.5. The van der Waals surface area contributed by atoms with E-state index in [2.05, 4.69) is 5.32 Å². The van der Waals surface area contributed by atoms with Crippen molar-refractivity contribution in [3.63, 3.8) is 0 Å². The lowest BCUT2D eigenvalue weighted by Gasteiger charge is -2.17. The molecule has 0 spiro atoms. The molecule has 0 aromatic carbocycles. The summed E-state index contributed by atoms with van der Waals surface area (Å²) in [5.74, 6) is -0.112. The van der Waals surface area contributed by atoms with E-state index in [1.54, 1.807) is 6.92 Å². The number of hydrogen-bond donors (Lipinski definition) is 1. The van der Waals surface area contributed by atoms with Gasteiger partial charge in [-0.1, -0.05) is 11.6 Å². The lowest BCUT2D eigenvalue weighted by atomic mass is 10.1. The number of halogens is 3. The molecule has 1 fully saturated rings. The lowest BCUT2D eigenvalue weighted by Crippen LogP contribution is -2.34. The predicted octanol–water partition coefficient (Wildman–Crippen LogP) is 4.16. The highest BCUT2D eigenvalue weighted by Crippen LogP contribution is 2.63. The van der Waals surface area contributed by atoms with E-state index in [9.17, 15) is 4.79 Å². The first-order valence-corrected chi connectivity index (χ1v) is 7.15. The van der Waals surface area contributed by atoms with Gasteiger partial charge in [0.25, 0.3) is 0 Å². The van der Waals surface area contributed by atoms with Crippen molar-refractivity contribution < 1.29 is 4.79 Å². The van der Waals surface area contributed by atoms with Crippen LogP contribution in [0.2, 0.25) is 4.34 Å². The van der Waals surface area contributed by atoms with Crippen LogP contribution >= 0.6 is 46.1 Å². The molecule has 1 aromatic heterocycles. The number of hydrogen-bond acceptors (Lipinski definition) is 2. The third-order valence-corrected chi connectivity index (χ3v) is 5.64. The molecule has 1 heterocycles. The van der Waals surface area contributed by atoms with E-state index >= 15 is 0 Å². The van der Waals surface area contributed by atoms with Gasteiger partial charge in [0.05, 0.1) is 15.8 Å². The minimum atomic E-state index is -0.927. The van der Waals surface area contributed by atoms with Crippen molar-refractivity contribution >= 4 is 52.0 Å². The second-order valence-electron chi connectivity index (χ2n) is 4.55. The minimum absolute atomic E-state index is 0.0819. The monoisotopic (exact) mass is 311 g/mol. The molecule has 1 aromatic rings. The van der Waals surface area contributed by atoms with Crippen LogP contribution in [-0.2, 0) is 4.79 Å². The molecule has 1 amide bonds. The molecule has 2 atom stereocenters.